The van der Waals surface area contributed by atoms with Gasteiger partial charge in [-0.05, 0) is 81.9 Å². The van der Waals surface area contributed by atoms with Crippen LogP contribution in [0.1, 0.15) is 5.48 Å². The normalized spacial score (nSPS) is 12.3. The van der Waals surface area contributed by atoms with Crippen LogP contribution < -0.4 is 4.90 Å². The highest BCUT2D eigenvalue weighted by Crippen LogP contribution is 2.40. The maximum atomic E-state index is 9.41. The molecule has 46 heavy (non-hydrogen) atoms. The molecule has 8 aromatic rings. The third-order valence-corrected chi connectivity index (χ3v) is 8.19. The van der Waals surface area contributed by atoms with Gasteiger partial charge in [-0.25, -0.2) is 0 Å². The zero-order valence-electron chi connectivity index (χ0n) is 28.9. The molecule has 0 saturated heterocycles. The van der Waals surface area contributed by atoms with Crippen LogP contribution in [0.5, 0.6) is 0 Å². The summed E-state index contributed by atoms with van der Waals surface area (Å²) in [7, 11) is 0. The molecule has 0 bridgehead atoms. The van der Waals surface area contributed by atoms with E-state index < -0.39 is 0 Å². The average molecular weight is 594 g/mol. The number of anilines is 3. The predicted molar refractivity (Wildman–Crippen MR) is 193 cm³/mol. The van der Waals surface area contributed by atoms with Crippen LogP contribution in [0.3, 0.4) is 0 Å². The first-order valence-corrected chi connectivity index (χ1v) is 15.3. The smallest absolute Gasteiger partial charge is 0.136 e. The lowest BCUT2D eigenvalue weighted by molar-refractivity contribution is 0.632. The van der Waals surface area contributed by atoms with Crippen molar-refractivity contribution in [1.29, 1.82) is 0 Å². The molecule has 0 saturated carbocycles. The van der Waals surface area contributed by atoms with Gasteiger partial charge < -0.3 is 9.32 Å². The van der Waals surface area contributed by atoms with Crippen molar-refractivity contribution in [3.63, 3.8) is 0 Å². The fourth-order valence-electron chi connectivity index (χ4n) is 5.86. The van der Waals surface area contributed by atoms with Gasteiger partial charge in [0.2, 0.25) is 0 Å². The van der Waals surface area contributed by atoms with Crippen LogP contribution in [-0.4, -0.2) is 0 Å². The Morgan fingerprint density at radius 3 is 1.43 bits per heavy atom. The molecule has 7 aromatic carbocycles. The van der Waals surface area contributed by atoms with Gasteiger partial charge in [0.05, 0.1) is 5.48 Å². The first kappa shape index (κ1) is 23.3. The lowest BCUT2D eigenvalue weighted by Gasteiger charge is -2.26. The van der Waals surface area contributed by atoms with Crippen molar-refractivity contribution in [2.24, 2.45) is 0 Å². The zero-order chi connectivity index (χ0) is 34.2. The molecule has 0 amide bonds. The Bertz CT molecular complexity index is 2310. The van der Waals surface area contributed by atoms with Gasteiger partial charge >= 0.3 is 0 Å². The zero-order valence-corrected chi connectivity index (χ0v) is 24.9. The van der Waals surface area contributed by atoms with Crippen molar-refractivity contribution in [2.75, 3.05) is 4.90 Å². The molecule has 0 N–H and O–H groups in total. The molecule has 2 heteroatoms. The van der Waals surface area contributed by atoms with E-state index in [1.165, 1.54) is 0 Å². The van der Waals surface area contributed by atoms with E-state index in [-0.39, 0.29) is 35.4 Å². The molecular formula is C44H31NO. The summed E-state index contributed by atoms with van der Waals surface area (Å²) in [4.78, 5) is 1.82. The standard InChI is InChI=1S/C44H31NO/c1-3-11-32(12-4-1)34-19-25-38(26-20-34)45(39-27-21-35(22-28-39)33-13-5-2-6-14-33)40-29-23-36(24-30-40)41-16-8-9-17-42(41)44-31-37-15-7-10-18-43(37)46-44/h1-31H/i23D,24D,29D,30D. The van der Waals surface area contributed by atoms with Gasteiger partial charge in [0, 0.05) is 28.0 Å². The van der Waals surface area contributed by atoms with Crippen molar-refractivity contribution >= 4 is 28.0 Å². The van der Waals surface area contributed by atoms with E-state index in [1.807, 2.05) is 144 Å². The molecule has 0 unspecified atom stereocenters. The molecule has 1 aromatic heterocycles. The summed E-state index contributed by atoms with van der Waals surface area (Å²) >= 11 is 0. The number of benzene rings is 7. The molecule has 8 rings (SSSR count). The number of para-hydroxylation sites is 1. The molecule has 0 fully saturated rings. The minimum Gasteiger partial charge on any atom is -0.456 e. The van der Waals surface area contributed by atoms with Crippen LogP contribution in [0.25, 0.3) is 55.7 Å². The first-order valence-electron chi connectivity index (χ1n) is 17.3. The molecule has 0 aliphatic carbocycles. The maximum absolute atomic E-state index is 9.41. The van der Waals surface area contributed by atoms with Crippen molar-refractivity contribution in [2.45, 2.75) is 0 Å². The van der Waals surface area contributed by atoms with Gasteiger partial charge in [0.15, 0.2) is 0 Å². The lowest BCUT2D eigenvalue weighted by Crippen LogP contribution is -2.09. The van der Waals surface area contributed by atoms with Crippen molar-refractivity contribution in [3.8, 4) is 44.7 Å². The number of rotatable bonds is 7. The molecule has 218 valence electrons. The van der Waals surface area contributed by atoms with E-state index in [2.05, 4.69) is 24.3 Å². The lowest BCUT2D eigenvalue weighted by atomic mass is 9.97. The summed E-state index contributed by atoms with van der Waals surface area (Å²) < 4.78 is 43.7. The van der Waals surface area contributed by atoms with E-state index in [1.54, 1.807) is 0 Å². The van der Waals surface area contributed by atoms with Crippen LogP contribution in [0.15, 0.2) is 192 Å². The van der Waals surface area contributed by atoms with Crippen molar-refractivity contribution in [1.82, 2.24) is 0 Å². The van der Waals surface area contributed by atoms with E-state index >= 15 is 0 Å². The second-order valence-electron chi connectivity index (χ2n) is 11.1. The number of furan rings is 1. The Hall–Kier alpha value is -6.12. The van der Waals surface area contributed by atoms with Crippen LogP contribution in [0.4, 0.5) is 17.1 Å². The third kappa shape index (κ3) is 5.38. The highest BCUT2D eigenvalue weighted by molar-refractivity contribution is 5.89. The molecular weight excluding hydrogens is 558 g/mol. The quantitative estimate of drug-likeness (QED) is 0.183. The molecule has 1 heterocycles. The molecule has 2 nitrogen and oxygen atoms in total. The summed E-state index contributed by atoms with van der Waals surface area (Å²) in [5.74, 6) is 0.598. The second kappa shape index (κ2) is 12.1. The fraction of sp³-hybridized carbons (Fsp3) is 0. The summed E-state index contributed by atoms with van der Waals surface area (Å²) in [6.07, 6.45) is 0. The van der Waals surface area contributed by atoms with Crippen LogP contribution >= 0.6 is 0 Å². The van der Waals surface area contributed by atoms with Crippen LogP contribution in [-0.2, 0) is 0 Å². The Labute approximate surface area is 275 Å². The Kier molecular flexibility index (Phi) is 6.13. The summed E-state index contributed by atoms with van der Waals surface area (Å²) in [5.41, 5.74) is 8.05. The van der Waals surface area contributed by atoms with Gasteiger partial charge in [-0.1, -0.05) is 139 Å². The molecule has 0 spiro atoms. The minimum atomic E-state index is -0.139. The van der Waals surface area contributed by atoms with E-state index in [0.717, 1.165) is 33.2 Å². The van der Waals surface area contributed by atoms with E-state index in [9.17, 15) is 5.48 Å². The van der Waals surface area contributed by atoms with Gasteiger partial charge in [-0.2, -0.15) is 0 Å². The molecule has 0 aliphatic rings. The summed E-state index contributed by atoms with van der Waals surface area (Å²) in [6, 6.07) is 52.7. The van der Waals surface area contributed by atoms with Crippen molar-refractivity contribution < 1.29 is 9.90 Å². The Morgan fingerprint density at radius 2 is 0.870 bits per heavy atom. The summed E-state index contributed by atoms with van der Waals surface area (Å²) in [6.45, 7) is 0. The first-order chi connectivity index (χ1) is 24.5. The largest absolute Gasteiger partial charge is 0.456 e. The van der Waals surface area contributed by atoms with E-state index in [4.69, 9.17) is 4.42 Å². The molecule has 0 radical (unpaired) electrons. The van der Waals surface area contributed by atoms with E-state index in [0.29, 0.717) is 28.3 Å². The monoisotopic (exact) mass is 593 g/mol. The predicted octanol–water partition coefficient (Wildman–Crippen LogP) is 12.6. The maximum Gasteiger partial charge on any atom is 0.136 e. The van der Waals surface area contributed by atoms with Gasteiger partial charge in [0.25, 0.3) is 0 Å². The number of hydrogen-bond donors (Lipinski definition) is 0. The number of hydrogen-bond acceptors (Lipinski definition) is 2. The molecule has 0 aliphatic heterocycles. The minimum absolute atomic E-state index is 0.128. The fourth-order valence-corrected chi connectivity index (χ4v) is 5.86. The topological polar surface area (TPSA) is 16.4 Å². The number of fused-ring (bicyclic) bond motifs is 1. The van der Waals surface area contributed by atoms with Gasteiger partial charge in [-0.15, -0.1) is 0 Å². The summed E-state index contributed by atoms with van der Waals surface area (Å²) in [5, 5.41) is 0.944. The van der Waals surface area contributed by atoms with Crippen molar-refractivity contribution in [3.05, 3.63) is 188 Å². The molecule has 0 atom stereocenters. The average Bonchev–Trinajstić information content (AvgIpc) is 3.61. The highest BCUT2D eigenvalue weighted by Gasteiger charge is 2.16. The Morgan fingerprint density at radius 1 is 0.391 bits per heavy atom. The van der Waals surface area contributed by atoms with Gasteiger partial charge in [-0.3, -0.25) is 0 Å². The van der Waals surface area contributed by atoms with Gasteiger partial charge in [0.1, 0.15) is 11.3 Å². The Balaban J connectivity index is 1.28. The SMILES string of the molecule is [2H]c1c([2H])c(N(c2ccc(-c3ccccc3)cc2)c2ccc(-c3ccccc3)cc2)c([2H])c([2H])c1-c1ccccc1-c1cc2ccccc2o1. The van der Waals surface area contributed by atoms with Crippen LogP contribution in [0, 0.1) is 0 Å². The number of nitrogens with zero attached hydrogens (tertiary/aromatic N) is 1. The highest BCUT2D eigenvalue weighted by atomic mass is 16.3. The third-order valence-electron chi connectivity index (χ3n) is 8.19. The second-order valence-corrected chi connectivity index (χ2v) is 11.1. The van der Waals surface area contributed by atoms with Crippen LogP contribution in [0.2, 0.25) is 0 Å².